The third kappa shape index (κ3) is 4.64. The van der Waals surface area contributed by atoms with Crippen LogP contribution in [0.1, 0.15) is 65.4 Å². The van der Waals surface area contributed by atoms with Crippen LogP contribution in [0.4, 0.5) is 0 Å². The number of rotatable bonds is 7. The number of unbranched alkanes of at least 4 members (excludes halogenated alkanes) is 1. The summed E-state index contributed by atoms with van der Waals surface area (Å²) >= 11 is 3.54. The first-order chi connectivity index (χ1) is 12.4. The quantitative estimate of drug-likeness (QED) is 0.495. The van der Waals surface area contributed by atoms with Crippen molar-refractivity contribution < 1.29 is 14.3 Å². The Kier molecular flexibility index (Phi) is 7.63. The molecule has 1 aromatic rings. The van der Waals surface area contributed by atoms with E-state index in [1.807, 2.05) is 45.0 Å². The molecule has 26 heavy (non-hydrogen) atoms. The molecule has 0 saturated heterocycles. The molecule has 0 N–H and O–H groups in total. The lowest BCUT2D eigenvalue weighted by Gasteiger charge is -2.29. The summed E-state index contributed by atoms with van der Waals surface area (Å²) in [5, 5.41) is 0. The number of hydrogen-bond donors (Lipinski definition) is 0. The van der Waals surface area contributed by atoms with E-state index in [1.165, 1.54) is 0 Å². The lowest BCUT2D eigenvalue weighted by atomic mass is 9.77. The summed E-state index contributed by atoms with van der Waals surface area (Å²) in [5.41, 5.74) is 1.36. The van der Waals surface area contributed by atoms with Crippen LogP contribution in [0.15, 0.2) is 34.5 Å². The number of ketones is 1. The van der Waals surface area contributed by atoms with Crippen molar-refractivity contribution in [2.45, 2.75) is 59.8 Å². The number of benzene rings is 1. The smallest absolute Gasteiger partial charge is 0.314 e. The Morgan fingerprint density at radius 2 is 1.96 bits per heavy atom. The Labute approximate surface area is 165 Å². The molecule has 3 unspecified atom stereocenters. The van der Waals surface area contributed by atoms with Gasteiger partial charge in [0.05, 0.1) is 11.5 Å². The second-order valence-electron chi connectivity index (χ2n) is 7.28. The van der Waals surface area contributed by atoms with Gasteiger partial charge >= 0.3 is 5.97 Å². The SMILES string of the molecule is CCCCC(CC)C(=O)OC1=C(c2ccccc2Br)C(=O)C(C)C(C)C1. The van der Waals surface area contributed by atoms with Gasteiger partial charge in [-0.2, -0.15) is 0 Å². The maximum atomic E-state index is 13.0. The summed E-state index contributed by atoms with van der Waals surface area (Å²) in [6.07, 6.45) is 4.27. The van der Waals surface area contributed by atoms with Gasteiger partial charge < -0.3 is 4.74 Å². The Morgan fingerprint density at radius 1 is 1.27 bits per heavy atom. The van der Waals surface area contributed by atoms with Crippen LogP contribution in [0, 0.1) is 17.8 Å². The molecule has 1 aromatic carbocycles. The van der Waals surface area contributed by atoms with E-state index in [4.69, 9.17) is 4.74 Å². The van der Waals surface area contributed by atoms with Crippen LogP contribution in [0.2, 0.25) is 0 Å². The fourth-order valence-corrected chi connectivity index (χ4v) is 3.86. The van der Waals surface area contributed by atoms with Gasteiger partial charge in [-0.3, -0.25) is 9.59 Å². The number of Topliss-reactive ketones (excluding diaryl/α,β-unsaturated/α-hetero) is 1. The summed E-state index contributed by atoms with van der Waals surface area (Å²) in [5.74, 6) is 0.365. The first-order valence-electron chi connectivity index (χ1n) is 9.64. The normalized spacial score (nSPS) is 21.7. The zero-order chi connectivity index (χ0) is 19.3. The molecule has 2 rings (SSSR count). The molecule has 3 nitrogen and oxygen atoms in total. The Morgan fingerprint density at radius 3 is 2.58 bits per heavy atom. The van der Waals surface area contributed by atoms with Crippen molar-refractivity contribution in [3.8, 4) is 0 Å². The lowest BCUT2D eigenvalue weighted by Crippen LogP contribution is -2.29. The van der Waals surface area contributed by atoms with Crippen LogP contribution >= 0.6 is 15.9 Å². The standard InChI is InChI=1S/C22H29BrO3/c1-5-7-10-16(6-2)22(25)26-19-13-14(3)15(4)21(24)20(19)17-11-8-9-12-18(17)23/h8-9,11-12,14-16H,5-7,10,13H2,1-4H3. The lowest BCUT2D eigenvalue weighted by molar-refractivity contribution is -0.145. The third-order valence-electron chi connectivity index (χ3n) is 5.40. The summed E-state index contributed by atoms with van der Waals surface area (Å²) in [6.45, 7) is 8.13. The highest BCUT2D eigenvalue weighted by Crippen LogP contribution is 2.39. The van der Waals surface area contributed by atoms with Crippen molar-refractivity contribution >= 4 is 33.3 Å². The minimum absolute atomic E-state index is 0.0556. The molecular weight excluding hydrogens is 392 g/mol. The summed E-state index contributed by atoms with van der Waals surface area (Å²) in [7, 11) is 0. The van der Waals surface area contributed by atoms with Crippen LogP contribution in [-0.4, -0.2) is 11.8 Å². The number of hydrogen-bond acceptors (Lipinski definition) is 3. The minimum atomic E-state index is -0.199. The zero-order valence-corrected chi connectivity index (χ0v) is 17.8. The van der Waals surface area contributed by atoms with E-state index in [1.54, 1.807) is 0 Å². The first-order valence-corrected chi connectivity index (χ1v) is 10.4. The van der Waals surface area contributed by atoms with E-state index in [2.05, 4.69) is 22.9 Å². The van der Waals surface area contributed by atoms with E-state index in [0.29, 0.717) is 17.8 Å². The van der Waals surface area contributed by atoms with Crippen molar-refractivity contribution in [2.24, 2.45) is 17.8 Å². The van der Waals surface area contributed by atoms with Crippen molar-refractivity contribution in [3.63, 3.8) is 0 Å². The molecule has 0 amide bonds. The molecule has 142 valence electrons. The number of allylic oxidation sites excluding steroid dienone is 2. The number of carbonyl (C=O) groups excluding carboxylic acids is 2. The second kappa shape index (κ2) is 9.50. The van der Waals surface area contributed by atoms with E-state index >= 15 is 0 Å². The molecule has 0 saturated carbocycles. The van der Waals surface area contributed by atoms with E-state index in [0.717, 1.165) is 35.7 Å². The van der Waals surface area contributed by atoms with Gasteiger partial charge in [0.25, 0.3) is 0 Å². The van der Waals surface area contributed by atoms with Gasteiger partial charge in [0, 0.05) is 22.4 Å². The minimum Gasteiger partial charge on any atom is -0.430 e. The number of carbonyl (C=O) groups is 2. The van der Waals surface area contributed by atoms with Crippen LogP contribution < -0.4 is 0 Å². The average Bonchev–Trinajstić information content (AvgIpc) is 2.62. The highest BCUT2D eigenvalue weighted by molar-refractivity contribution is 9.10. The monoisotopic (exact) mass is 420 g/mol. The fraction of sp³-hybridized carbons (Fsp3) is 0.545. The van der Waals surface area contributed by atoms with Crippen molar-refractivity contribution in [2.75, 3.05) is 0 Å². The molecule has 1 aliphatic carbocycles. The van der Waals surface area contributed by atoms with Gasteiger partial charge in [0.15, 0.2) is 5.78 Å². The van der Waals surface area contributed by atoms with E-state index in [-0.39, 0.29) is 29.5 Å². The average molecular weight is 421 g/mol. The van der Waals surface area contributed by atoms with Crippen LogP contribution in [-0.2, 0) is 14.3 Å². The molecule has 0 radical (unpaired) electrons. The van der Waals surface area contributed by atoms with Gasteiger partial charge in [-0.1, -0.05) is 74.7 Å². The van der Waals surface area contributed by atoms with E-state index < -0.39 is 0 Å². The van der Waals surface area contributed by atoms with Crippen molar-refractivity contribution in [1.82, 2.24) is 0 Å². The molecule has 1 aliphatic rings. The van der Waals surface area contributed by atoms with Gasteiger partial charge in [0.2, 0.25) is 0 Å². The fourth-order valence-electron chi connectivity index (χ4n) is 3.38. The zero-order valence-electron chi connectivity index (χ0n) is 16.2. The highest BCUT2D eigenvalue weighted by atomic mass is 79.9. The van der Waals surface area contributed by atoms with Crippen molar-refractivity contribution in [3.05, 3.63) is 40.1 Å². The molecule has 3 atom stereocenters. The second-order valence-corrected chi connectivity index (χ2v) is 8.14. The predicted octanol–water partition coefficient (Wildman–Crippen LogP) is 6.16. The summed E-state index contributed by atoms with van der Waals surface area (Å²) in [4.78, 5) is 25.7. The Bertz CT molecular complexity index is 692. The summed E-state index contributed by atoms with van der Waals surface area (Å²) in [6, 6.07) is 7.63. The first kappa shape index (κ1) is 20.9. The van der Waals surface area contributed by atoms with Gasteiger partial charge in [-0.05, 0) is 24.8 Å². The van der Waals surface area contributed by atoms with Gasteiger partial charge in [-0.25, -0.2) is 0 Å². The van der Waals surface area contributed by atoms with Crippen LogP contribution in [0.3, 0.4) is 0 Å². The topological polar surface area (TPSA) is 43.4 Å². The molecule has 0 aliphatic heterocycles. The van der Waals surface area contributed by atoms with Gasteiger partial charge in [-0.15, -0.1) is 0 Å². The highest BCUT2D eigenvalue weighted by Gasteiger charge is 2.35. The maximum absolute atomic E-state index is 13.0. The van der Waals surface area contributed by atoms with E-state index in [9.17, 15) is 9.59 Å². The molecule has 0 fully saturated rings. The van der Waals surface area contributed by atoms with Crippen molar-refractivity contribution in [1.29, 1.82) is 0 Å². The van der Waals surface area contributed by atoms with Crippen LogP contribution in [0.5, 0.6) is 0 Å². The Hall–Kier alpha value is -1.42. The summed E-state index contributed by atoms with van der Waals surface area (Å²) < 4.78 is 6.70. The molecular formula is C22H29BrO3. The maximum Gasteiger partial charge on any atom is 0.314 e. The molecule has 4 heteroatoms. The molecule has 0 spiro atoms. The third-order valence-corrected chi connectivity index (χ3v) is 6.09. The largest absolute Gasteiger partial charge is 0.430 e. The molecule has 0 aromatic heterocycles. The van der Waals surface area contributed by atoms with Gasteiger partial charge in [0.1, 0.15) is 5.76 Å². The number of esters is 1. The molecule has 0 heterocycles. The number of halogens is 1. The predicted molar refractivity (Wildman–Crippen MR) is 108 cm³/mol. The molecule has 0 bridgehead atoms. The number of ether oxygens (including phenoxy) is 1. The Balaban J connectivity index is 2.40. The van der Waals surface area contributed by atoms with Crippen LogP contribution in [0.25, 0.3) is 5.57 Å².